The third kappa shape index (κ3) is 11.6. The van der Waals surface area contributed by atoms with Crippen molar-refractivity contribution < 1.29 is 9.47 Å². The van der Waals surface area contributed by atoms with Crippen LogP contribution in [-0.4, -0.2) is 76.8 Å². The summed E-state index contributed by atoms with van der Waals surface area (Å²) in [5.41, 5.74) is 11.8. The summed E-state index contributed by atoms with van der Waals surface area (Å²) in [5, 5.41) is 5.32. The van der Waals surface area contributed by atoms with Crippen LogP contribution in [0.15, 0.2) is 21.4 Å². The van der Waals surface area contributed by atoms with E-state index in [0.29, 0.717) is 32.1 Å². The summed E-state index contributed by atoms with van der Waals surface area (Å²) >= 11 is 0. The van der Waals surface area contributed by atoms with E-state index in [1.165, 1.54) is 6.34 Å². The van der Waals surface area contributed by atoms with Gasteiger partial charge in [-0.2, -0.15) is 0 Å². The Morgan fingerprint density at radius 3 is 2.52 bits per heavy atom. The molecule has 0 spiro atoms. The SMILES string of the molecule is CN=CN=C(C(=C(C)N)N(C[C@H](C)COC)NCOC(C)C)[C@H](C)NCC#[N+]C. The Morgan fingerprint density at radius 2 is 2.00 bits per heavy atom. The van der Waals surface area contributed by atoms with Crippen LogP contribution in [0.1, 0.15) is 34.6 Å². The zero-order chi connectivity index (χ0) is 22.2. The van der Waals surface area contributed by atoms with Gasteiger partial charge < -0.3 is 20.2 Å². The van der Waals surface area contributed by atoms with Crippen molar-refractivity contribution in [3.8, 4) is 6.07 Å². The van der Waals surface area contributed by atoms with Gasteiger partial charge in [0.2, 0.25) is 0 Å². The lowest BCUT2D eigenvalue weighted by molar-refractivity contribution is 0.0203. The minimum Gasteiger partial charge on any atom is -0.401 e. The molecule has 29 heavy (non-hydrogen) atoms. The number of hydrogen-bond acceptors (Lipinski definition) is 7. The fraction of sp³-hybridized carbons (Fsp3) is 0.750. The van der Waals surface area contributed by atoms with Gasteiger partial charge in [0.25, 0.3) is 13.1 Å². The lowest BCUT2D eigenvalue weighted by Crippen LogP contribution is -2.49. The van der Waals surface area contributed by atoms with Crippen molar-refractivity contribution in [1.29, 1.82) is 0 Å². The van der Waals surface area contributed by atoms with E-state index in [0.717, 1.165) is 11.4 Å². The van der Waals surface area contributed by atoms with E-state index in [2.05, 4.69) is 38.6 Å². The molecule has 0 rings (SSSR count). The van der Waals surface area contributed by atoms with Crippen LogP contribution >= 0.6 is 0 Å². The van der Waals surface area contributed by atoms with Crippen LogP contribution in [0.2, 0.25) is 0 Å². The molecule has 9 heteroatoms. The number of nitrogens with one attached hydrogen (secondary N) is 2. The number of ether oxygens (including phenoxy) is 2. The van der Waals surface area contributed by atoms with E-state index < -0.39 is 0 Å². The molecule has 0 saturated heterocycles. The second-order valence-electron chi connectivity index (χ2n) is 7.09. The minimum atomic E-state index is -0.108. The van der Waals surface area contributed by atoms with Gasteiger partial charge >= 0.3 is 0 Å². The van der Waals surface area contributed by atoms with Gasteiger partial charge in [0.1, 0.15) is 19.6 Å². The van der Waals surface area contributed by atoms with Crippen molar-refractivity contribution in [1.82, 2.24) is 15.8 Å². The molecular weight excluding hydrogens is 370 g/mol. The molecule has 4 N–H and O–H groups in total. The fourth-order valence-corrected chi connectivity index (χ4v) is 2.59. The lowest BCUT2D eigenvalue weighted by Gasteiger charge is -2.33. The molecule has 0 bridgehead atoms. The molecule has 0 aliphatic carbocycles. The highest BCUT2D eigenvalue weighted by atomic mass is 16.5. The molecule has 166 valence electrons. The number of nitrogens with zero attached hydrogens (tertiary/aromatic N) is 4. The second-order valence-corrected chi connectivity index (χ2v) is 7.09. The zero-order valence-electron chi connectivity index (χ0n) is 19.3. The van der Waals surface area contributed by atoms with E-state index in [-0.39, 0.29) is 18.1 Å². The van der Waals surface area contributed by atoms with Gasteiger partial charge in [0, 0.05) is 32.4 Å². The van der Waals surface area contributed by atoms with Crippen LogP contribution < -0.4 is 16.5 Å². The Labute approximate surface area is 176 Å². The highest BCUT2D eigenvalue weighted by molar-refractivity contribution is 6.07. The van der Waals surface area contributed by atoms with Gasteiger partial charge in [-0.3, -0.25) is 10.3 Å². The standard InChI is InChI=1S/C20H40N7O2/c1-15(2)29-14-26-27(11-16(3)12-28-8)20(17(4)21)19(25-13-23-7)18(5)24-10-9-22-6/h13,15-16,18,24,26H,10-12,14,21H2,1-8H3/q+1/t16-,18-/m0/s1. The van der Waals surface area contributed by atoms with Crippen molar-refractivity contribution in [2.24, 2.45) is 21.6 Å². The molecule has 0 aliphatic rings. The van der Waals surface area contributed by atoms with Gasteiger partial charge in [-0.05, 0) is 33.6 Å². The largest absolute Gasteiger partial charge is 0.401 e. The molecule has 0 heterocycles. The fourth-order valence-electron chi connectivity index (χ4n) is 2.59. The predicted octanol–water partition coefficient (Wildman–Crippen LogP) is 1.69. The van der Waals surface area contributed by atoms with Crippen LogP contribution in [0.25, 0.3) is 4.85 Å². The molecule has 0 aliphatic heterocycles. The molecule has 2 atom stereocenters. The third-order valence-corrected chi connectivity index (χ3v) is 3.87. The summed E-state index contributed by atoms with van der Waals surface area (Å²) in [6.45, 7) is 12.1. The van der Waals surface area contributed by atoms with Gasteiger partial charge in [-0.15, -0.1) is 0 Å². The Bertz CT molecular complexity index is 602. The summed E-state index contributed by atoms with van der Waals surface area (Å²) in [6.07, 6.45) is 1.63. The Balaban J connectivity index is 5.88. The first-order valence-electron chi connectivity index (χ1n) is 9.90. The van der Waals surface area contributed by atoms with Gasteiger partial charge in [-0.1, -0.05) is 11.8 Å². The highest BCUT2D eigenvalue weighted by Gasteiger charge is 2.24. The van der Waals surface area contributed by atoms with Crippen molar-refractivity contribution in [3.63, 3.8) is 0 Å². The molecule has 0 radical (unpaired) electrons. The summed E-state index contributed by atoms with van der Waals surface area (Å²) in [6, 6.07) is 2.79. The van der Waals surface area contributed by atoms with Crippen LogP contribution in [0.3, 0.4) is 0 Å². The number of rotatable bonds is 14. The first-order chi connectivity index (χ1) is 13.8. The molecule has 0 fully saturated rings. The molecule has 0 aromatic carbocycles. The summed E-state index contributed by atoms with van der Waals surface area (Å²) in [7, 11) is 5.07. The van der Waals surface area contributed by atoms with Gasteiger partial charge in [-0.25, -0.2) is 10.4 Å². The molecule has 0 saturated carbocycles. The lowest BCUT2D eigenvalue weighted by atomic mass is 10.1. The molecule has 0 aromatic rings. The van der Waals surface area contributed by atoms with Crippen LogP contribution in [0.5, 0.6) is 0 Å². The molecule has 0 aromatic heterocycles. The maximum atomic E-state index is 6.32. The van der Waals surface area contributed by atoms with Crippen LogP contribution in [0, 0.1) is 12.0 Å². The Kier molecular flexibility index (Phi) is 14.8. The second kappa shape index (κ2) is 15.9. The van der Waals surface area contributed by atoms with Gasteiger partial charge in [0.05, 0.1) is 24.1 Å². The quantitative estimate of drug-likeness (QED) is 0.132. The molecule has 0 unspecified atom stereocenters. The maximum Gasteiger partial charge on any atom is 0.288 e. The van der Waals surface area contributed by atoms with Crippen molar-refractivity contribution >= 4 is 12.1 Å². The van der Waals surface area contributed by atoms with E-state index in [9.17, 15) is 0 Å². The summed E-state index contributed by atoms with van der Waals surface area (Å²) in [5.74, 6) is 0.255. The minimum absolute atomic E-state index is 0.108. The molecular formula is C20H40N7O2+. The van der Waals surface area contributed by atoms with Gasteiger partial charge in [0.15, 0.2) is 0 Å². The highest BCUT2D eigenvalue weighted by Crippen LogP contribution is 2.14. The van der Waals surface area contributed by atoms with E-state index >= 15 is 0 Å². The maximum absolute atomic E-state index is 6.32. The average molecular weight is 411 g/mol. The zero-order valence-corrected chi connectivity index (χ0v) is 19.3. The number of methoxy groups -OCH3 is 1. The average Bonchev–Trinajstić information content (AvgIpc) is 2.64. The first kappa shape index (κ1) is 27.0. The van der Waals surface area contributed by atoms with E-state index in [1.54, 1.807) is 21.2 Å². The number of aliphatic imine (C=N–C) groups is 2. The van der Waals surface area contributed by atoms with Crippen molar-refractivity contribution in [3.05, 3.63) is 16.2 Å². The normalized spacial score (nSPS) is 15.1. The number of nitrogens with two attached hydrogens (primary N) is 1. The Hall–Kier alpha value is -1.99. The van der Waals surface area contributed by atoms with E-state index in [4.69, 9.17) is 15.2 Å². The van der Waals surface area contributed by atoms with E-state index in [1.807, 2.05) is 32.7 Å². The molecule has 0 amide bonds. The van der Waals surface area contributed by atoms with Crippen LogP contribution in [-0.2, 0) is 9.47 Å². The number of hydrazine groups is 1. The third-order valence-electron chi connectivity index (χ3n) is 3.87. The van der Waals surface area contributed by atoms with Crippen molar-refractivity contribution in [2.75, 3.05) is 47.6 Å². The van der Waals surface area contributed by atoms with Crippen molar-refractivity contribution in [2.45, 2.75) is 46.8 Å². The Morgan fingerprint density at radius 1 is 1.31 bits per heavy atom. The summed E-state index contributed by atoms with van der Waals surface area (Å²) in [4.78, 5) is 12.5. The predicted molar refractivity (Wildman–Crippen MR) is 121 cm³/mol. The monoisotopic (exact) mass is 410 g/mol. The smallest absolute Gasteiger partial charge is 0.288 e. The summed E-state index contributed by atoms with van der Waals surface area (Å²) < 4.78 is 11.0. The first-order valence-corrected chi connectivity index (χ1v) is 9.90. The number of allylic oxidation sites excluding steroid dienone is 1. The van der Waals surface area contributed by atoms with Crippen LogP contribution in [0.4, 0.5) is 0 Å². The topological polar surface area (TPSA) is 101 Å². The number of hydrogen-bond donors (Lipinski definition) is 3. The molecule has 9 nitrogen and oxygen atoms in total.